The molecule has 0 unspecified atom stereocenters. The molecule has 1 rings (SSSR count). The molecule has 1 aromatic heterocycles. The lowest BCUT2D eigenvalue weighted by atomic mass is 10.3. The van der Waals surface area contributed by atoms with Crippen LogP contribution in [0.5, 0.6) is 5.75 Å². The van der Waals surface area contributed by atoms with Crippen molar-refractivity contribution in [3.63, 3.8) is 0 Å². The zero-order valence-corrected chi connectivity index (χ0v) is 8.53. The highest BCUT2D eigenvalue weighted by atomic mass is 79.9. The van der Waals surface area contributed by atoms with Crippen LogP contribution >= 0.6 is 27.5 Å². The number of halogens is 2. The van der Waals surface area contributed by atoms with E-state index >= 15 is 0 Å². The lowest BCUT2D eigenvalue weighted by Crippen LogP contribution is -1.89. The van der Waals surface area contributed by atoms with Crippen LogP contribution in [0, 0.1) is 6.92 Å². The molecule has 0 aliphatic carbocycles. The summed E-state index contributed by atoms with van der Waals surface area (Å²) in [6.45, 7) is 1.86. The van der Waals surface area contributed by atoms with Crippen LogP contribution in [0.15, 0.2) is 10.5 Å². The Morgan fingerprint density at radius 1 is 1.64 bits per heavy atom. The average molecular weight is 236 g/mol. The predicted octanol–water partition coefficient (Wildman–Crippen LogP) is 2.81. The number of rotatable bonds is 1. The van der Waals surface area contributed by atoms with Crippen LogP contribution in [-0.4, -0.2) is 12.1 Å². The molecular weight excluding hydrogens is 229 g/mol. The van der Waals surface area contributed by atoms with Crippen molar-refractivity contribution in [3.8, 4) is 5.75 Å². The van der Waals surface area contributed by atoms with E-state index in [1.54, 1.807) is 7.11 Å². The van der Waals surface area contributed by atoms with Gasteiger partial charge < -0.3 is 4.74 Å². The van der Waals surface area contributed by atoms with Gasteiger partial charge in [0.25, 0.3) is 0 Å². The summed E-state index contributed by atoms with van der Waals surface area (Å²) < 4.78 is 5.74. The topological polar surface area (TPSA) is 22.1 Å². The van der Waals surface area contributed by atoms with Crippen LogP contribution in [0.4, 0.5) is 0 Å². The molecule has 0 fully saturated rings. The molecule has 0 aliphatic heterocycles. The van der Waals surface area contributed by atoms with Gasteiger partial charge in [-0.05, 0) is 22.9 Å². The van der Waals surface area contributed by atoms with Gasteiger partial charge in [-0.25, -0.2) is 4.98 Å². The van der Waals surface area contributed by atoms with Crippen LogP contribution in [-0.2, 0) is 0 Å². The smallest absolute Gasteiger partial charge is 0.147 e. The molecule has 0 aliphatic rings. The van der Waals surface area contributed by atoms with Crippen molar-refractivity contribution >= 4 is 27.5 Å². The van der Waals surface area contributed by atoms with E-state index in [-0.39, 0.29) is 0 Å². The van der Waals surface area contributed by atoms with Crippen molar-refractivity contribution in [1.29, 1.82) is 0 Å². The first-order chi connectivity index (χ1) is 5.15. The third-order valence-electron chi connectivity index (χ3n) is 1.23. The molecule has 0 bridgehead atoms. The minimum absolute atomic E-state index is 0.432. The number of pyridine rings is 1. The van der Waals surface area contributed by atoms with Gasteiger partial charge in [-0.1, -0.05) is 11.6 Å². The maximum absolute atomic E-state index is 5.76. The fourth-order valence-electron chi connectivity index (χ4n) is 0.739. The Morgan fingerprint density at radius 2 is 2.27 bits per heavy atom. The summed E-state index contributed by atoms with van der Waals surface area (Å²) in [7, 11) is 1.59. The van der Waals surface area contributed by atoms with Gasteiger partial charge >= 0.3 is 0 Å². The van der Waals surface area contributed by atoms with Gasteiger partial charge in [-0.2, -0.15) is 0 Å². The lowest BCUT2D eigenvalue weighted by molar-refractivity contribution is 0.411. The third-order valence-corrected chi connectivity index (χ3v) is 2.50. The van der Waals surface area contributed by atoms with Crippen LogP contribution < -0.4 is 4.74 Å². The second-order valence-electron chi connectivity index (χ2n) is 2.07. The number of hydrogen-bond donors (Lipinski definition) is 0. The Morgan fingerprint density at radius 3 is 2.82 bits per heavy atom. The second kappa shape index (κ2) is 3.41. The maximum atomic E-state index is 5.76. The molecule has 0 saturated carbocycles. The molecule has 0 amide bonds. The van der Waals surface area contributed by atoms with Crippen LogP contribution in [0.1, 0.15) is 5.69 Å². The third kappa shape index (κ3) is 1.84. The SMILES string of the molecule is COc1cc(C)nc(Cl)c1Br. The lowest BCUT2D eigenvalue weighted by Gasteiger charge is -2.04. The summed E-state index contributed by atoms with van der Waals surface area (Å²) in [5.74, 6) is 0.711. The fraction of sp³-hybridized carbons (Fsp3) is 0.286. The molecule has 1 aromatic rings. The minimum Gasteiger partial charge on any atom is -0.495 e. The average Bonchev–Trinajstić information content (AvgIpc) is 1.96. The number of aromatic nitrogens is 1. The van der Waals surface area contributed by atoms with Gasteiger partial charge in [0, 0.05) is 11.8 Å². The summed E-state index contributed by atoms with van der Waals surface area (Å²) in [6, 6.07) is 1.82. The number of hydrogen-bond acceptors (Lipinski definition) is 2. The van der Waals surface area contributed by atoms with Crippen molar-refractivity contribution in [1.82, 2.24) is 4.98 Å². The van der Waals surface area contributed by atoms with Crippen molar-refractivity contribution in [2.75, 3.05) is 7.11 Å². The van der Waals surface area contributed by atoms with E-state index in [0.29, 0.717) is 15.4 Å². The Bertz CT molecular complexity index is 277. The number of ether oxygens (including phenoxy) is 1. The molecular formula is C7H7BrClNO. The largest absolute Gasteiger partial charge is 0.495 e. The second-order valence-corrected chi connectivity index (χ2v) is 3.22. The summed E-state index contributed by atoms with van der Waals surface area (Å²) in [5.41, 5.74) is 0.843. The Kier molecular flexibility index (Phi) is 2.73. The highest BCUT2D eigenvalue weighted by molar-refractivity contribution is 9.10. The van der Waals surface area contributed by atoms with E-state index in [1.807, 2.05) is 13.0 Å². The zero-order chi connectivity index (χ0) is 8.43. The van der Waals surface area contributed by atoms with Crippen molar-refractivity contribution in [2.45, 2.75) is 6.92 Å². The molecule has 0 aromatic carbocycles. The van der Waals surface area contributed by atoms with E-state index in [0.717, 1.165) is 5.69 Å². The van der Waals surface area contributed by atoms with E-state index in [2.05, 4.69) is 20.9 Å². The Hall–Kier alpha value is -0.280. The molecule has 60 valence electrons. The van der Waals surface area contributed by atoms with Crippen molar-refractivity contribution in [3.05, 3.63) is 21.4 Å². The van der Waals surface area contributed by atoms with E-state index in [4.69, 9.17) is 16.3 Å². The molecule has 4 heteroatoms. The van der Waals surface area contributed by atoms with E-state index < -0.39 is 0 Å². The van der Waals surface area contributed by atoms with Gasteiger partial charge in [0.2, 0.25) is 0 Å². The summed E-state index contributed by atoms with van der Waals surface area (Å²) in [6.07, 6.45) is 0. The van der Waals surface area contributed by atoms with Gasteiger partial charge in [0.05, 0.1) is 11.6 Å². The first kappa shape index (κ1) is 8.81. The quantitative estimate of drug-likeness (QED) is 0.700. The van der Waals surface area contributed by atoms with Crippen molar-refractivity contribution < 1.29 is 4.74 Å². The summed E-state index contributed by atoms with van der Waals surface area (Å²) in [5, 5.41) is 0.432. The molecule has 2 nitrogen and oxygen atoms in total. The number of nitrogens with zero attached hydrogens (tertiary/aromatic N) is 1. The van der Waals surface area contributed by atoms with Gasteiger partial charge in [0.15, 0.2) is 0 Å². The zero-order valence-electron chi connectivity index (χ0n) is 6.19. The Labute approximate surface area is 78.7 Å². The molecule has 0 radical (unpaired) electrons. The van der Waals surface area contributed by atoms with E-state index in [9.17, 15) is 0 Å². The molecule has 11 heavy (non-hydrogen) atoms. The van der Waals surface area contributed by atoms with Crippen LogP contribution in [0.2, 0.25) is 5.15 Å². The molecule has 0 spiro atoms. The first-order valence-corrected chi connectivity index (χ1v) is 4.19. The minimum atomic E-state index is 0.432. The van der Waals surface area contributed by atoms with Gasteiger partial charge in [-0.3, -0.25) is 0 Å². The highest BCUT2D eigenvalue weighted by Gasteiger charge is 2.05. The fourth-order valence-corrected chi connectivity index (χ4v) is 1.33. The summed E-state index contributed by atoms with van der Waals surface area (Å²) in [4.78, 5) is 4.02. The monoisotopic (exact) mass is 235 g/mol. The molecule has 0 atom stereocenters. The van der Waals surface area contributed by atoms with Gasteiger partial charge in [0.1, 0.15) is 10.9 Å². The predicted molar refractivity (Wildman–Crippen MR) is 48.2 cm³/mol. The number of aryl methyl sites for hydroxylation is 1. The Balaban J connectivity index is 3.24. The van der Waals surface area contributed by atoms with Crippen LogP contribution in [0.25, 0.3) is 0 Å². The normalized spacial score (nSPS) is 9.82. The standard InChI is InChI=1S/C7H7BrClNO/c1-4-3-5(11-2)6(8)7(9)10-4/h3H,1-2H3. The molecule has 0 N–H and O–H groups in total. The maximum Gasteiger partial charge on any atom is 0.147 e. The van der Waals surface area contributed by atoms with Gasteiger partial charge in [-0.15, -0.1) is 0 Å². The molecule has 1 heterocycles. The van der Waals surface area contributed by atoms with Crippen LogP contribution in [0.3, 0.4) is 0 Å². The van der Waals surface area contributed by atoms with Crippen molar-refractivity contribution in [2.24, 2.45) is 0 Å². The first-order valence-electron chi connectivity index (χ1n) is 3.01. The number of methoxy groups -OCH3 is 1. The summed E-state index contributed by atoms with van der Waals surface area (Å²) >= 11 is 9.01. The van der Waals surface area contributed by atoms with E-state index in [1.165, 1.54) is 0 Å². The highest BCUT2D eigenvalue weighted by Crippen LogP contribution is 2.30. The molecule has 0 saturated heterocycles.